The molecule has 184 valence electrons. The van der Waals surface area contributed by atoms with Gasteiger partial charge in [-0.3, -0.25) is 0 Å². The fraction of sp³-hybridized carbons (Fsp3) is 0.217. The number of hydrogen-bond acceptors (Lipinski definition) is 6. The van der Waals surface area contributed by atoms with Crippen molar-refractivity contribution in [3.8, 4) is 5.75 Å². The number of thiazole rings is 2. The largest absolute Gasteiger partial charge is 0.488 e. The van der Waals surface area contributed by atoms with Crippen LogP contribution in [0.5, 0.6) is 5.75 Å². The average Bonchev–Trinajstić information content (AvgIpc) is 3.33. The maximum absolute atomic E-state index is 13.0. The third kappa shape index (κ3) is 12.1. The van der Waals surface area contributed by atoms with E-state index in [1.807, 2.05) is 19.9 Å². The predicted octanol–water partition coefficient (Wildman–Crippen LogP) is 8.70. The first-order chi connectivity index (χ1) is 15.6. The Morgan fingerprint density at radius 2 is 1.41 bits per heavy atom. The number of rotatable bonds is 4. The molecule has 0 aliphatic heterocycles. The van der Waals surface area contributed by atoms with Crippen LogP contribution in [0.15, 0.2) is 57.7 Å². The first-order valence-corrected chi connectivity index (χ1v) is 13.6. The molecule has 0 aliphatic rings. The van der Waals surface area contributed by atoms with E-state index in [-0.39, 0.29) is 25.7 Å². The topological polar surface area (TPSA) is 55.2 Å². The molecule has 0 aliphatic carbocycles. The van der Waals surface area contributed by atoms with Gasteiger partial charge in [0.2, 0.25) is 0 Å². The van der Waals surface area contributed by atoms with Crippen molar-refractivity contribution in [1.29, 1.82) is 0 Å². The molecule has 0 atom stereocenters. The van der Waals surface area contributed by atoms with Gasteiger partial charge >= 0.3 is 0 Å². The average molecular weight is 748 g/mol. The molecule has 1 N–H and O–H groups in total. The molecule has 34 heavy (non-hydrogen) atoms. The van der Waals surface area contributed by atoms with E-state index < -0.39 is 0 Å². The molecule has 2 aromatic heterocycles. The maximum atomic E-state index is 13.0. The van der Waals surface area contributed by atoms with Crippen LogP contribution in [0.4, 0.5) is 8.78 Å². The van der Waals surface area contributed by atoms with Crippen molar-refractivity contribution >= 4 is 77.1 Å². The van der Waals surface area contributed by atoms with Gasteiger partial charge in [0.05, 0.1) is 26.4 Å². The van der Waals surface area contributed by atoms with Crippen LogP contribution >= 0.6 is 77.1 Å². The van der Waals surface area contributed by atoms with Gasteiger partial charge in [-0.2, -0.15) is 0 Å². The lowest BCUT2D eigenvalue weighted by Crippen LogP contribution is -1.93. The van der Waals surface area contributed by atoms with Crippen molar-refractivity contribution in [2.75, 3.05) is 0 Å². The molecule has 0 saturated heterocycles. The van der Waals surface area contributed by atoms with Gasteiger partial charge in [0.15, 0.2) is 0 Å². The minimum atomic E-state index is -0.315. The standard InChI is InChI=1S/C11H9BrFNOS.C6H3BrFI.C5H7NOS.CH4/c1-7-14-5-11(16-7)6-15-10-3-8(12)2-9(13)4-10;7-4-1-5(8)3-6(9)2-4;1-4-6-2-5(3-7)8-4;/h2-5H,6H2,1H3;1-3H;2,7H,3H2,1H3;1H4. The summed E-state index contributed by atoms with van der Waals surface area (Å²) >= 11 is 11.5. The second-order valence-electron chi connectivity index (χ2n) is 6.33. The van der Waals surface area contributed by atoms with Gasteiger partial charge in [0.1, 0.15) is 24.0 Å². The summed E-state index contributed by atoms with van der Waals surface area (Å²) in [6.07, 6.45) is 3.47. The van der Waals surface area contributed by atoms with E-state index in [4.69, 9.17) is 9.84 Å². The summed E-state index contributed by atoms with van der Waals surface area (Å²) in [5, 5.41) is 10.5. The van der Waals surface area contributed by atoms with E-state index in [1.54, 1.807) is 29.8 Å². The quantitative estimate of drug-likeness (QED) is 0.213. The summed E-state index contributed by atoms with van der Waals surface area (Å²) in [6, 6.07) is 9.25. The van der Waals surface area contributed by atoms with Crippen LogP contribution < -0.4 is 4.74 Å². The number of benzene rings is 2. The van der Waals surface area contributed by atoms with E-state index >= 15 is 0 Å². The Hall–Kier alpha value is -0.990. The highest BCUT2D eigenvalue weighted by molar-refractivity contribution is 14.1. The summed E-state index contributed by atoms with van der Waals surface area (Å²) < 4.78 is 33.3. The molecule has 0 spiro atoms. The molecule has 0 saturated carbocycles. The zero-order valence-electron chi connectivity index (χ0n) is 17.5. The number of halogens is 5. The number of aryl methyl sites for hydroxylation is 2. The van der Waals surface area contributed by atoms with Crippen molar-refractivity contribution in [2.45, 2.75) is 34.5 Å². The lowest BCUT2D eigenvalue weighted by Gasteiger charge is -2.04. The molecular formula is C23H23Br2F2IN2O2S2. The van der Waals surface area contributed by atoms with Crippen LogP contribution in [0.25, 0.3) is 0 Å². The Balaban J connectivity index is 0.000000274. The number of aliphatic hydroxyl groups excluding tert-OH is 1. The Morgan fingerprint density at radius 1 is 0.882 bits per heavy atom. The normalized spacial score (nSPS) is 9.76. The minimum absolute atomic E-state index is 0. The second-order valence-corrected chi connectivity index (χ2v) is 12.0. The predicted molar refractivity (Wildman–Crippen MR) is 152 cm³/mol. The van der Waals surface area contributed by atoms with Gasteiger partial charge in [-0.25, -0.2) is 18.7 Å². The van der Waals surface area contributed by atoms with E-state index in [1.165, 1.54) is 35.6 Å². The summed E-state index contributed by atoms with van der Waals surface area (Å²) in [7, 11) is 0. The molecule has 11 heteroatoms. The molecule has 0 unspecified atom stereocenters. The van der Waals surface area contributed by atoms with Crippen molar-refractivity contribution in [3.05, 3.63) is 92.7 Å². The number of nitrogens with zero attached hydrogens (tertiary/aromatic N) is 2. The third-order valence-electron chi connectivity index (χ3n) is 3.54. The van der Waals surface area contributed by atoms with Gasteiger partial charge in [0, 0.05) is 31.0 Å². The highest BCUT2D eigenvalue weighted by Gasteiger charge is 2.02. The van der Waals surface area contributed by atoms with Crippen LogP contribution in [0.1, 0.15) is 27.2 Å². The lowest BCUT2D eigenvalue weighted by atomic mass is 10.3. The first kappa shape index (κ1) is 31.0. The molecule has 2 aromatic carbocycles. The van der Waals surface area contributed by atoms with E-state index in [2.05, 4.69) is 64.4 Å². The van der Waals surface area contributed by atoms with Crippen LogP contribution in [0, 0.1) is 29.1 Å². The molecule has 4 aromatic rings. The number of ether oxygens (including phenoxy) is 1. The summed E-state index contributed by atoms with van der Waals surface area (Å²) in [5.41, 5.74) is 0. The number of aromatic nitrogens is 2. The Labute approximate surface area is 236 Å². The van der Waals surface area contributed by atoms with Crippen LogP contribution in [-0.2, 0) is 13.2 Å². The summed E-state index contributed by atoms with van der Waals surface area (Å²) in [6.45, 7) is 4.39. The highest BCUT2D eigenvalue weighted by Crippen LogP contribution is 2.22. The molecule has 4 rings (SSSR count). The van der Waals surface area contributed by atoms with Crippen molar-refractivity contribution in [3.63, 3.8) is 0 Å². The van der Waals surface area contributed by atoms with Gasteiger partial charge in [-0.05, 0) is 66.8 Å². The molecule has 0 fully saturated rings. The van der Waals surface area contributed by atoms with Crippen LogP contribution in [-0.4, -0.2) is 15.1 Å². The zero-order chi connectivity index (χ0) is 24.4. The molecule has 2 heterocycles. The maximum Gasteiger partial charge on any atom is 0.128 e. The van der Waals surface area contributed by atoms with Gasteiger partial charge < -0.3 is 9.84 Å². The Morgan fingerprint density at radius 3 is 1.82 bits per heavy atom. The zero-order valence-corrected chi connectivity index (χ0v) is 24.5. The summed E-state index contributed by atoms with van der Waals surface area (Å²) in [5.74, 6) is -0.00318. The number of hydrogen-bond donors (Lipinski definition) is 1. The second kappa shape index (κ2) is 15.9. The number of aliphatic hydroxyl groups is 1. The van der Waals surface area contributed by atoms with Crippen LogP contribution in [0.2, 0.25) is 0 Å². The van der Waals surface area contributed by atoms with Crippen LogP contribution in [0.3, 0.4) is 0 Å². The highest BCUT2D eigenvalue weighted by atomic mass is 127. The molecule has 0 radical (unpaired) electrons. The third-order valence-corrected chi connectivity index (χ3v) is 6.86. The first-order valence-electron chi connectivity index (χ1n) is 9.28. The van der Waals surface area contributed by atoms with Crippen molar-refractivity contribution < 1.29 is 18.6 Å². The fourth-order valence-electron chi connectivity index (χ4n) is 2.24. The van der Waals surface area contributed by atoms with Gasteiger partial charge in [-0.1, -0.05) is 39.3 Å². The van der Waals surface area contributed by atoms with Crippen molar-refractivity contribution in [2.24, 2.45) is 0 Å². The smallest absolute Gasteiger partial charge is 0.128 e. The van der Waals surface area contributed by atoms with Gasteiger partial charge in [-0.15, -0.1) is 22.7 Å². The molecule has 0 amide bonds. The van der Waals surface area contributed by atoms with E-state index in [0.29, 0.717) is 16.8 Å². The molecule has 0 bridgehead atoms. The van der Waals surface area contributed by atoms with Crippen molar-refractivity contribution in [1.82, 2.24) is 9.97 Å². The fourth-order valence-corrected chi connectivity index (χ4v) is 5.57. The lowest BCUT2D eigenvalue weighted by molar-refractivity contribution is 0.285. The SMILES string of the molecule is C.Cc1ncc(CO)s1.Cc1ncc(COc2cc(F)cc(Br)c2)s1.Fc1cc(Br)cc(I)c1. The molecular weight excluding hydrogens is 725 g/mol. The Bertz CT molecular complexity index is 1100. The van der Waals surface area contributed by atoms with Gasteiger partial charge in [0.25, 0.3) is 0 Å². The van der Waals surface area contributed by atoms with E-state index in [9.17, 15) is 8.78 Å². The monoisotopic (exact) mass is 746 g/mol. The molecule has 4 nitrogen and oxygen atoms in total. The van der Waals surface area contributed by atoms with E-state index in [0.717, 1.165) is 27.8 Å². The Kier molecular flexibility index (Phi) is 14.5. The minimum Gasteiger partial charge on any atom is -0.488 e. The summed E-state index contributed by atoms with van der Waals surface area (Å²) in [4.78, 5) is 10.0.